The SMILES string of the molecule is CCn1cc(CC(=O)Cc2ccc(N)cc2)cn1. The average molecular weight is 243 g/mol. The van der Waals surface area contributed by atoms with Crippen LogP contribution in [-0.4, -0.2) is 15.6 Å². The van der Waals surface area contributed by atoms with Gasteiger partial charge in [-0.05, 0) is 30.2 Å². The lowest BCUT2D eigenvalue weighted by molar-refractivity contribution is -0.117. The molecule has 0 spiro atoms. The highest BCUT2D eigenvalue weighted by molar-refractivity contribution is 5.83. The molecule has 0 aliphatic heterocycles. The quantitative estimate of drug-likeness (QED) is 0.815. The molecule has 0 saturated carbocycles. The number of nitrogens with two attached hydrogens (primary N) is 1. The maximum Gasteiger partial charge on any atom is 0.141 e. The molecule has 1 aromatic carbocycles. The van der Waals surface area contributed by atoms with Gasteiger partial charge in [-0.3, -0.25) is 9.48 Å². The summed E-state index contributed by atoms with van der Waals surface area (Å²) in [5.74, 6) is 0.190. The Hall–Kier alpha value is -2.10. The number of benzene rings is 1. The lowest BCUT2D eigenvalue weighted by atomic mass is 10.0. The van der Waals surface area contributed by atoms with E-state index in [1.807, 2.05) is 42.1 Å². The maximum atomic E-state index is 11.9. The van der Waals surface area contributed by atoms with Crippen LogP contribution in [0.25, 0.3) is 0 Å². The molecule has 0 aliphatic rings. The molecular weight excluding hydrogens is 226 g/mol. The molecule has 2 aromatic rings. The molecule has 2 rings (SSSR count). The molecule has 1 heterocycles. The second-order valence-electron chi connectivity index (χ2n) is 4.34. The maximum absolute atomic E-state index is 11.9. The molecule has 0 unspecified atom stereocenters. The van der Waals surface area contributed by atoms with Gasteiger partial charge in [0.2, 0.25) is 0 Å². The Morgan fingerprint density at radius 3 is 2.50 bits per heavy atom. The van der Waals surface area contributed by atoms with Gasteiger partial charge >= 0.3 is 0 Å². The van der Waals surface area contributed by atoms with Gasteiger partial charge in [-0.1, -0.05) is 12.1 Å². The first-order valence-corrected chi connectivity index (χ1v) is 6.05. The van der Waals surface area contributed by atoms with Gasteiger partial charge < -0.3 is 5.73 Å². The second-order valence-corrected chi connectivity index (χ2v) is 4.34. The first-order valence-electron chi connectivity index (χ1n) is 6.05. The number of aryl methyl sites for hydroxylation is 1. The molecule has 0 aliphatic carbocycles. The van der Waals surface area contributed by atoms with Crippen molar-refractivity contribution >= 4 is 11.5 Å². The van der Waals surface area contributed by atoms with Crippen molar-refractivity contribution in [3.63, 3.8) is 0 Å². The smallest absolute Gasteiger partial charge is 0.141 e. The molecule has 0 radical (unpaired) electrons. The average Bonchev–Trinajstić information content (AvgIpc) is 2.79. The summed E-state index contributed by atoms with van der Waals surface area (Å²) in [5, 5.41) is 4.15. The van der Waals surface area contributed by atoms with Gasteiger partial charge in [0, 0.05) is 31.3 Å². The molecule has 0 bridgehead atoms. The number of rotatable bonds is 5. The molecule has 4 nitrogen and oxygen atoms in total. The predicted octanol–water partition coefficient (Wildman–Crippen LogP) is 1.84. The van der Waals surface area contributed by atoms with E-state index in [4.69, 9.17) is 5.73 Å². The summed E-state index contributed by atoms with van der Waals surface area (Å²) in [6.45, 7) is 2.85. The number of hydrogen-bond donors (Lipinski definition) is 1. The molecule has 1 aromatic heterocycles. The highest BCUT2D eigenvalue weighted by Gasteiger charge is 2.07. The number of Topliss-reactive ketones (excluding diaryl/α,β-unsaturated/α-hetero) is 1. The minimum Gasteiger partial charge on any atom is -0.399 e. The largest absolute Gasteiger partial charge is 0.399 e. The number of anilines is 1. The standard InChI is InChI=1S/C14H17N3O/c1-2-17-10-12(9-16-17)8-14(18)7-11-3-5-13(15)6-4-11/h3-6,9-10H,2,7-8,15H2,1H3. The number of nitrogens with zero attached hydrogens (tertiary/aromatic N) is 2. The predicted molar refractivity (Wildman–Crippen MR) is 71.2 cm³/mol. The zero-order chi connectivity index (χ0) is 13.0. The summed E-state index contributed by atoms with van der Waals surface area (Å²) in [6, 6.07) is 7.42. The fourth-order valence-corrected chi connectivity index (χ4v) is 1.82. The molecule has 0 atom stereocenters. The number of ketones is 1. The van der Waals surface area contributed by atoms with Crippen molar-refractivity contribution in [3.05, 3.63) is 47.8 Å². The first kappa shape index (κ1) is 12.4. The van der Waals surface area contributed by atoms with E-state index in [2.05, 4.69) is 5.10 Å². The normalized spacial score (nSPS) is 10.5. The van der Waals surface area contributed by atoms with Crippen LogP contribution < -0.4 is 5.73 Å². The van der Waals surface area contributed by atoms with E-state index in [1.54, 1.807) is 6.20 Å². The first-order chi connectivity index (χ1) is 8.67. The van der Waals surface area contributed by atoms with Gasteiger partial charge in [-0.25, -0.2) is 0 Å². The Kier molecular flexibility index (Phi) is 3.77. The summed E-state index contributed by atoms with van der Waals surface area (Å²) in [6.07, 6.45) is 4.55. The molecular formula is C14H17N3O. The van der Waals surface area contributed by atoms with E-state index in [0.717, 1.165) is 23.4 Å². The van der Waals surface area contributed by atoms with E-state index < -0.39 is 0 Å². The molecule has 0 amide bonds. The fraction of sp³-hybridized carbons (Fsp3) is 0.286. The number of aromatic nitrogens is 2. The third-order valence-electron chi connectivity index (χ3n) is 2.79. The number of hydrogen-bond acceptors (Lipinski definition) is 3. The molecule has 0 saturated heterocycles. The molecule has 2 N–H and O–H groups in total. The van der Waals surface area contributed by atoms with Crippen molar-refractivity contribution in [2.45, 2.75) is 26.3 Å². The number of carbonyl (C=O) groups excluding carboxylic acids is 1. The van der Waals surface area contributed by atoms with Crippen molar-refractivity contribution in [1.29, 1.82) is 0 Å². The Morgan fingerprint density at radius 2 is 1.89 bits per heavy atom. The van der Waals surface area contributed by atoms with Crippen molar-refractivity contribution in [2.24, 2.45) is 0 Å². The molecule has 4 heteroatoms. The van der Waals surface area contributed by atoms with Crippen LogP contribution in [0.3, 0.4) is 0 Å². The lowest BCUT2D eigenvalue weighted by Crippen LogP contribution is -2.06. The van der Waals surface area contributed by atoms with Crippen LogP contribution in [0.4, 0.5) is 5.69 Å². The summed E-state index contributed by atoms with van der Waals surface area (Å²) in [4.78, 5) is 11.9. The Balaban J connectivity index is 1.94. The summed E-state index contributed by atoms with van der Waals surface area (Å²) in [7, 11) is 0. The zero-order valence-electron chi connectivity index (χ0n) is 10.5. The van der Waals surface area contributed by atoms with Crippen molar-refractivity contribution < 1.29 is 4.79 Å². The van der Waals surface area contributed by atoms with Crippen molar-refractivity contribution in [3.8, 4) is 0 Å². The zero-order valence-corrected chi connectivity index (χ0v) is 10.5. The van der Waals surface area contributed by atoms with Crippen molar-refractivity contribution in [2.75, 3.05) is 5.73 Å². The highest BCUT2D eigenvalue weighted by Crippen LogP contribution is 2.08. The van der Waals surface area contributed by atoms with Crippen LogP contribution in [0.15, 0.2) is 36.7 Å². The fourth-order valence-electron chi connectivity index (χ4n) is 1.82. The van der Waals surface area contributed by atoms with E-state index in [9.17, 15) is 4.79 Å². The van der Waals surface area contributed by atoms with Gasteiger partial charge in [0.25, 0.3) is 0 Å². The lowest BCUT2D eigenvalue weighted by Gasteiger charge is -2.00. The van der Waals surface area contributed by atoms with E-state index in [-0.39, 0.29) is 5.78 Å². The van der Waals surface area contributed by atoms with Gasteiger partial charge in [0.1, 0.15) is 5.78 Å². The van der Waals surface area contributed by atoms with Gasteiger partial charge in [0.15, 0.2) is 0 Å². The van der Waals surface area contributed by atoms with Gasteiger partial charge in [-0.15, -0.1) is 0 Å². The topological polar surface area (TPSA) is 60.9 Å². The van der Waals surface area contributed by atoms with Crippen molar-refractivity contribution in [1.82, 2.24) is 9.78 Å². The van der Waals surface area contributed by atoms with Crippen LogP contribution in [-0.2, 0) is 24.2 Å². The van der Waals surface area contributed by atoms with Crippen LogP contribution in [0.2, 0.25) is 0 Å². The minimum atomic E-state index is 0.190. The minimum absolute atomic E-state index is 0.190. The van der Waals surface area contributed by atoms with Crippen LogP contribution in [0, 0.1) is 0 Å². The number of nitrogen functional groups attached to an aromatic ring is 1. The third-order valence-corrected chi connectivity index (χ3v) is 2.79. The molecule has 94 valence electrons. The second kappa shape index (κ2) is 5.49. The highest BCUT2D eigenvalue weighted by atomic mass is 16.1. The Morgan fingerprint density at radius 1 is 1.22 bits per heavy atom. The van der Waals surface area contributed by atoms with Gasteiger partial charge in [0.05, 0.1) is 6.20 Å². The number of carbonyl (C=O) groups is 1. The summed E-state index contributed by atoms with van der Waals surface area (Å²) >= 11 is 0. The third kappa shape index (κ3) is 3.20. The Bertz CT molecular complexity index is 528. The van der Waals surface area contributed by atoms with E-state index in [0.29, 0.717) is 12.8 Å². The van der Waals surface area contributed by atoms with E-state index >= 15 is 0 Å². The Labute approximate surface area is 106 Å². The summed E-state index contributed by atoms with van der Waals surface area (Å²) in [5.41, 5.74) is 8.29. The van der Waals surface area contributed by atoms with E-state index in [1.165, 1.54) is 0 Å². The van der Waals surface area contributed by atoms with Crippen LogP contribution in [0.5, 0.6) is 0 Å². The van der Waals surface area contributed by atoms with Gasteiger partial charge in [-0.2, -0.15) is 5.10 Å². The van der Waals surface area contributed by atoms with Crippen LogP contribution in [0.1, 0.15) is 18.1 Å². The molecule has 0 fully saturated rings. The monoisotopic (exact) mass is 243 g/mol. The van der Waals surface area contributed by atoms with Crippen LogP contribution >= 0.6 is 0 Å². The summed E-state index contributed by atoms with van der Waals surface area (Å²) < 4.78 is 1.83. The molecule has 18 heavy (non-hydrogen) atoms.